The third-order valence-corrected chi connectivity index (χ3v) is 4.15. The van der Waals surface area contributed by atoms with Crippen molar-refractivity contribution in [2.24, 2.45) is 18.7 Å². The molecular formula is C13H22N4O. The SMILES string of the molecule is CC1CCCCC1(CN)NC(=O)c1cnn(C)c1. The predicted molar refractivity (Wildman–Crippen MR) is 70.1 cm³/mol. The summed E-state index contributed by atoms with van der Waals surface area (Å²) in [6, 6.07) is 0. The molecule has 0 spiro atoms. The Morgan fingerprint density at radius 2 is 2.44 bits per heavy atom. The summed E-state index contributed by atoms with van der Waals surface area (Å²) in [6.45, 7) is 2.68. The van der Waals surface area contributed by atoms with Crippen LogP contribution >= 0.6 is 0 Å². The van der Waals surface area contributed by atoms with Crippen LogP contribution in [0.3, 0.4) is 0 Å². The molecule has 0 radical (unpaired) electrons. The summed E-state index contributed by atoms with van der Waals surface area (Å²) >= 11 is 0. The molecule has 1 aliphatic rings. The highest BCUT2D eigenvalue weighted by Gasteiger charge is 2.38. The maximum Gasteiger partial charge on any atom is 0.254 e. The van der Waals surface area contributed by atoms with Crippen LogP contribution in [0.4, 0.5) is 0 Å². The van der Waals surface area contributed by atoms with Crippen LogP contribution < -0.4 is 11.1 Å². The van der Waals surface area contributed by atoms with Gasteiger partial charge in [0.2, 0.25) is 0 Å². The van der Waals surface area contributed by atoms with Crippen molar-refractivity contribution in [3.8, 4) is 0 Å². The molecule has 5 nitrogen and oxygen atoms in total. The van der Waals surface area contributed by atoms with E-state index in [1.54, 1.807) is 24.1 Å². The van der Waals surface area contributed by atoms with E-state index in [-0.39, 0.29) is 11.4 Å². The average molecular weight is 250 g/mol. The highest BCUT2D eigenvalue weighted by molar-refractivity contribution is 5.94. The highest BCUT2D eigenvalue weighted by Crippen LogP contribution is 2.33. The maximum absolute atomic E-state index is 12.2. The number of carbonyl (C=O) groups is 1. The number of aromatic nitrogens is 2. The van der Waals surface area contributed by atoms with E-state index in [2.05, 4.69) is 17.3 Å². The molecule has 0 saturated heterocycles. The van der Waals surface area contributed by atoms with Crippen molar-refractivity contribution in [2.75, 3.05) is 6.54 Å². The topological polar surface area (TPSA) is 72.9 Å². The summed E-state index contributed by atoms with van der Waals surface area (Å²) in [7, 11) is 1.80. The van der Waals surface area contributed by atoms with Gasteiger partial charge in [0.05, 0.1) is 17.3 Å². The minimum atomic E-state index is -0.245. The minimum Gasteiger partial charge on any atom is -0.345 e. The first-order chi connectivity index (χ1) is 8.57. The predicted octanol–water partition coefficient (Wildman–Crippen LogP) is 1.06. The van der Waals surface area contributed by atoms with E-state index in [9.17, 15) is 4.79 Å². The van der Waals surface area contributed by atoms with Crippen LogP contribution in [0, 0.1) is 5.92 Å². The number of nitrogens with zero attached hydrogens (tertiary/aromatic N) is 2. The van der Waals surface area contributed by atoms with E-state index >= 15 is 0 Å². The zero-order chi connectivity index (χ0) is 13.2. The van der Waals surface area contributed by atoms with Crippen LogP contribution in [0.15, 0.2) is 12.4 Å². The van der Waals surface area contributed by atoms with Crippen molar-refractivity contribution in [3.05, 3.63) is 18.0 Å². The zero-order valence-corrected chi connectivity index (χ0v) is 11.1. The fraction of sp³-hybridized carbons (Fsp3) is 0.692. The lowest BCUT2D eigenvalue weighted by molar-refractivity contribution is 0.0812. The summed E-state index contributed by atoms with van der Waals surface area (Å²) in [5.74, 6) is 0.360. The van der Waals surface area contributed by atoms with E-state index < -0.39 is 0 Å². The molecule has 1 heterocycles. The molecule has 1 aromatic heterocycles. The van der Waals surface area contributed by atoms with Gasteiger partial charge in [0.15, 0.2) is 0 Å². The summed E-state index contributed by atoms with van der Waals surface area (Å²) in [5.41, 5.74) is 6.28. The minimum absolute atomic E-state index is 0.0673. The van der Waals surface area contributed by atoms with Crippen LogP contribution in [-0.4, -0.2) is 27.8 Å². The normalized spacial score (nSPS) is 28.1. The third-order valence-electron chi connectivity index (χ3n) is 4.15. The number of hydrogen-bond acceptors (Lipinski definition) is 3. The quantitative estimate of drug-likeness (QED) is 0.842. The molecule has 2 unspecified atom stereocenters. The van der Waals surface area contributed by atoms with E-state index in [4.69, 9.17) is 5.73 Å². The number of hydrogen-bond donors (Lipinski definition) is 2. The molecule has 1 fully saturated rings. The Hall–Kier alpha value is -1.36. The summed E-state index contributed by atoms with van der Waals surface area (Å²) in [5, 5.41) is 7.17. The fourth-order valence-corrected chi connectivity index (χ4v) is 2.79. The molecule has 100 valence electrons. The maximum atomic E-state index is 12.2. The molecule has 3 N–H and O–H groups in total. The lowest BCUT2D eigenvalue weighted by atomic mass is 9.73. The number of nitrogens with one attached hydrogen (secondary N) is 1. The molecule has 1 saturated carbocycles. The van der Waals surface area contributed by atoms with Crippen molar-refractivity contribution in [1.82, 2.24) is 15.1 Å². The van der Waals surface area contributed by atoms with Crippen LogP contribution in [0.25, 0.3) is 0 Å². The second-order valence-corrected chi connectivity index (χ2v) is 5.36. The first-order valence-corrected chi connectivity index (χ1v) is 6.58. The number of rotatable bonds is 3. The number of aryl methyl sites for hydroxylation is 1. The summed E-state index contributed by atoms with van der Waals surface area (Å²) in [4.78, 5) is 12.2. The van der Waals surface area contributed by atoms with Gasteiger partial charge in [-0.2, -0.15) is 5.10 Å². The first-order valence-electron chi connectivity index (χ1n) is 6.58. The van der Waals surface area contributed by atoms with Gasteiger partial charge in [-0.05, 0) is 18.8 Å². The second-order valence-electron chi connectivity index (χ2n) is 5.36. The second kappa shape index (κ2) is 5.10. The van der Waals surface area contributed by atoms with E-state index in [1.165, 1.54) is 6.42 Å². The van der Waals surface area contributed by atoms with Crippen LogP contribution in [0.1, 0.15) is 43.0 Å². The van der Waals surface area contributed by atoms with Gasteiger partial charge in [-0.25, -0.2) is 0 Å². The Kier molecular flexibility index (Phi) is 3.71. The lowest BCUT2D eigenvalue weighted by Gasteiger charge is -2.42. The lowest BCUT2D eigenvalue weighted by Crippen LogP contribution is -2.59. The molecule has 0 aromatic carbocycles. The molecule has 2 rings (SSSR count). The number of amides is 1. The molecule has 2 atom stereocenters. The Bertz CT molecular complexity index is 428. The molecule has 1 aliphatic carbocycles. The Balaban J connectivity index is 2.12. The number of nitrogens with two attached hydrogens (primary N) is 1. The van der Waals surface area contributed by atoms with Crippen LogP contribution in [0.2, 0.25) is 0 Å². The van der Waals surface area contributed by atoms with Crippen LogP contribution in [0.5, 0.6) is 0 Å². The van der Waals surface area contributed by atoms with Crippen molar-refractivity contribution in [2.45, 2.75) is 38.1 Å². The van der Waals surface area contributed by atoms with Gasteiger partial charge < -0.3 is 11.1 Å². The number of carbonyl (C=O) groups excluding carboxylic acids is 1. The largest absolute Gasteiger partial charge is 0.345 e. The van der Waals surface area contributed by atoms with Crippen LogP contribution in [-0.2, 0) is 7.05 Å². The molecule has 0 aliphatic heterocycles. The third kappa shape index (κ3) is 2.41. The van der Waals surface area contributed by atoms with Crippen molar-refractivity contribution in [3.63, 3.8) is 0 Å². The van der Waals surface area contributed by atoms with E-state index in [0.29, 0.717) is 18.0 Å². The Morgan fingerprint density at radius 3 is 3.00 bits per heavy atom. The first kappa shape index (κ1) is 13.1. The molecule has 1 aromatic rings. The van der Waals surface area contributed by atoms with Gasteiger partial charge in [0, 0.05) is 19.8 Å². The van der Waals surface area contributed by atoms with Gasteiger partial charge in [-0.1, -0.05) is 19.8 Å². The highest BCUT2D eigenvalue weighted by atomic mass is 16.1. The molecule has 0 bridgehead atoms. The molecule has 18 heavy (non-hydrogen) atoms. The fourth-order valence-electron chi connectivity index (χ4n) is 2.79. The van der Waals surface area contributed by atoms with Gasteiger partial charge in [0.1, 0.15) is 0 Å². The molecule has 5 heteroatoms. The van der Waals surface area contributed by atoms with E-state index in [0.717, 1.165) is 19.3 Å². The van der Waals surface area contributed by atoms with E-state index in [1.807, 2.05) is 0 Å². The molecule has 1 amide bonds. The average Bonchev–Trinajstić information content (AvgIpc) is 2.79. The van der Waals surface area contributed by atoms with Crippen molar-refractivity contribution in [1.29, 1.82) is 0 Å². The Labute approximate surface area is 108 Å². The summed E-state index contributed by atoms with van der Waals surface area (Å²) in [6.07, 6.45) is 7.78. The van der Waals surface area contributed by atoms with Gasteiger partial charge in [-0.15, -0.1) is 0 Å². The monoisotopic (exact) mass is 250 g/mol. The van der Waals surface area contributed by atoms with Gasteiger partial charge in [0.25, 0.3) is 5.91 Å². The van der Waals surface area contributed by atoms with Gasteiger partial charge in [-0.3, -0.25) is 9.48 Å². The smallest absolute Gasteiger partial charge is 0.254 e. The summed E-state index contributed by atoms with van der Waals surface area (Å²) < 4.78 is 1.63. The Morgan fingerprint density at radius 1 is 1.67 bits per heavy atom. The van der Waals surface area contributed by atoms with Crippen molar-refractivity contribution < 1.29 is 4.79 Å². The standard InChI is InChI=1S/C13H22N4O/c1-10-5-3-4-6-13(10,9-14)16-12(18)11-7-15-17(2)8-11/h7-8,10H,3-6,9,14H2,1-2H3,(H,16,18). The molecular weight excluding hydrogens is 228 g/mol. The zero-order valence-electron chi connectivity index (χ0n) is 11.1. The van der Waals surface area contributed by atoms with Crippen molar-refractivity contribution >= 4 is 5.91 Å². The van der Waals surface area contributed by atoms with Gasteiger partial charge >= 0.3 is 0 Å².